The lowest BCUT2D eigenvalue weighted by atomic mass is 9.65. The Bertz CT molecular complexity index is 373. The van der Waals surface area contributed by atoms with Crippen LogP contribution in [0.3, 0.4) is 0 Å². The number of ether oxygens (including phenoxy) is 1. The molecule has 0 aromatic heterocycles. The van der Waals surface area contributed by atoms with Gasteiger partial charge in [0.2, 0.25) is 0 Å². The van der Waals surface area contributed by atoms with Crippen LogP contribution in [0.2, 0.25) is 0 Å². The molecule has 1 amide bonds. The molecule has 4 nitrogen and oxygen atoms in total. The van der Waals surface area contributed by atoms with Gasteiger partial charge in [-0.15, -0.1) is 0 Å². The fourth-order valence-electron chi connectivity index (χ4n) is 3.38. The highest BCUT2D eigenvalue weighted by Crippen LogP contribution is 2.48. The van der Waals surface area contributed by atoms with Crippen LogP contribution in [0.4, 0.5) is 9.18 Å². The Morgan fingerprint density at radius 1 is 1.14 bits per heavy atom. The summed E-state index contributed by atoms with van der Waals surface area (Å²) in [6.07, 6.45) is 4.08. The summed E-state index contributed by atoms with van der Waals surface area (Å²) in [5.41, 5.74) is -1.69. The first kappa shape index (κ1) is 16.5. The number of rotatable bonds is 1. The van der Waals surface area contributed by atoms with Crippen molar-refractivity contribution in [3.05, 3.63) is 0 Å². The molecule has 1 saturated heterocycles. The van der Waals surface area contributed by atoms with Crippen LogP contribution in [0.25, 0.3) is 0 Å². The van der Waals surface area contributed by atoms with Gasteiger partial charge >= 0.3 is 6.09 Å². The molecule has 2 fully saturated rings. The quantitative estimate of drug-likeness (QED) is 0.808. The standard InChI is InChI=1S/C16H28FNO3/c1-14(2,3)21-13(20)18-10-8-15(9-11-18)4-6-16(17,12-19)7-5-15/h19H,4-12H2,1-3H3. The Labute approximate surface area is 126 Å². The van der Waals surface area contributed by atoms with Crippen LogP contribution >= 0.6 is 0 Å². The van der Waals surface area contributed by atoms with Crippen LogP contribution in [0.15, 0.2) is 0 Å². The zero-order valence-electron chi connectivity index (χ0n) is 13.5. The highest BCUT2D eigenvalue weighted by atomic mass is 19.1. The van der Waals surface area contributed by atoms with E-state index in [9.17, 15) is 9.18 Å². The zero-order valence-corrected chi connectivity index (χ0v) is 13.5. The smallest absolute Gasteiger partial charge is 0.410 e. The number of carbonyl (C=O) groups is 1. The lowest BCUT2D eigenvalue weighted by Crippen LogP contribution is -2.48. The van der Waals surface area contributed by atoms with Crippen molar-refractivity contribution in [3.63, 3.8) is 0 Å². The van der Waals surface area contributed by atoms with Crippen molar-refractivity contribution in [2.75, 3.05) is 19.7 Å². The summed E-state index contributed by atoms with van der Waals surface area (Å²) < 4.78 is 19.5. The summed E-state index contributed by atoms with van der Waals surface area (Å²) in [4.78, 5) is 13.8. The predicted octanol–water partition coefficient (Wildman–Crippen LogP) is 3.28. The largest absolute Gasteiger partial charge is 0.444 e. The summed E-state index contributed by atoms with van der Waals surface area (Å²) in [5, 5.41) is 9.12. The number of alkyl halides is 1. The number of halogens is 1. The van der Waals surface area contributed by atoms with Gasteiger partial charge in [0.1, 0.15) is 11.3 Å². The zero-order chi connectivity index (χ0) is 15.7. The van der Waals surface area contributed by atoms with Gasteiger partial charge in [-0.25, -0.2) is 9.18 Å². The van der Waals surface area contributed by atoms with Crippen molar-refractivity contribution in [2.24, 2.45) is 5.41 Å². The second-order valence-corrected chi connectivity index (χ2v) is 7.78. The van der Waals surface area contributed by atoms with Crippen molar-refractivity contribution in [2.45, 2.75) is 70.6 Å². The van der Waals surface area contributed by atoms with Gasteiger partial charge < -0.3 is 14.7 Å². The number of carbonyl (C=O) groups excluding carboxylic acids is 1. The topological polar surface area (TPSA) is 49.8 Å². The molecular formula is C16H28FNO3. The Morgan fingerprint density at radius 3 is 2.10 bits per heavy atom. The predicted molar refractivity (Wildman–Crippen MR) is 78.9 cm³/mol. The minimum absolute atomic E-state index is 0.156. The van der Waals surface area contributed by atoms with E-state index in [4.69, 9.17) is 9.84 Å². The molecule has 1 heterocycles. The van der Waals surface area contributed by atoms with E-state index in [1.807, 2.05) is 20.8 Å². The van der Waals surface area contributed by atoms with E-state index in [0.717, 1.165) is 25.7 Å². The van der Waals surface area contributed by atoms with Crippen molar-refractivity contribution < 1.29 is 19.0 Å². The second-order valence-electron chi connectivity index (χ2n) is 7.78. The summed E-state index contributed by atoms with van der Waals surface area (Å²) in [5.74, 6) is 0. The second kappa shape index (κ2) is 5.75. The Balaban J connectivity index is 1.85. The van der Waals surface area contributed by atoms with Gasteiger partial charge in [-0.3, -0.25) is 0 Å². The first-order chi connectivity index (χ1) is 9.67. The van der Waals surface area contributed by atoms with Crippen molar-refractivity contribution in [1.82, 2.24) is 4.90 Å². The van der Waals surface area contributed by atoms with Crippen LogP contribution < -0.4 is 0 Å². The third kappa shape index (κ3) is 4.09. The first-order valence-corrected chi connectivity index (χ1v) is 7.95. The Morgan fingerprint density at radius 2 is 1.67 bits per heavy atom. The van der Waals surface area contributed by atoms with E-state index < -0.39 is 11.3 Å². The summed E-state index contributed by atoms with van der Waals surface area (Å²) in [7, 11) is 0. The van der Waals surface area contributed by atoms with Crippen molar-refractivity contribution in [1.29, 1.82) is 0 Å². The molecule has 21 heavy (non-hydrogen) atoms. The number of piperidine rings is 1. The van der Waals surface area contributed by atoms with Crippen molar-refractivity contribution in [3.8, 4) is 0 Å². The number of likely N-dealkylation sites (tertiary alicyclic amines) is 1. The van der Waals surface area contributed by atoms with Crippen LogP contribution in [0.1, 0.15) is 59.3 Å². The molecule has 0 bridgehead atoms. The average Bonchev–Trinajstić information content (AvgIpc) is 2.42. The molecule has 0 unspecified atom stereocenters. The third-order valence-electron chi connectivity index (χ3n) is 4.97. The highest BCUT2D eigenvalue weighted by molar-refractivity contribution is 5.68. The van der Waals surface area contributed by atoms with Gasteiger partial charge in [-0.05, 0) is 64.7 Å². The lowest BCUT2D eigenvalue weighted by molar-refractivity contribution is -0.0336. The van der Waals surface area contributed by atoms with E-state index in [0.29, 0.717) is 25.9 Å². The molecule has 5 heteroatoms. The van der Waals surface area contributed by atoms with E-state index in [2.05, 4.69) is 0 Å². The third-order valence-corrected chi connectivity index (χ3v) is 4.97. The van der Waals surface area contributed by atoms with Crippen LogP contribution in [-0.2, 0) is 4.74 Å². The van der Waals surface area contributed by atoms with Gasteiger partial charge in [0, 0.05) is 13.1 Å². The molecule has 2 rings (SSSR count). The number of hydrogen-bond acceptors (Lipinski definition) is 3. The Hall–Kier alpha value is -0.840. The summed E-state index contributed by atoms with van der Waals surface area (Å²) in [6.45, 7) is 6.61. The summed E-state index contributed by atoms with van der Waals surface area (Å²) >= 11 is 0. The molecule has 1 aliphatic heterocycles. The SMILES string of the molecule is CC(C)(C)OC(=O)N1CCC2(CC1)CCC(F)(CO)CC2. The molecule has 0 aromatic carbocycles. The maximum atomic E-state index is 14.1. The van der Waals surface area contributed by atoms with Crippen LogP contribution in [0.5, 0.6) is 0 Å². The number of hydrogen-bond donors (Lipinski definition) is 1. The normalized spacial score (nSPS) is 24.9. The molecule has 1 saturated carbocycles. The van der Waals surface area contributed by atoms with E-state index >= 15 is 0 Å². The van der Waals surface area contributed by atoms with Gasteiger partial charge in [0.05, 0.1) is 6.61 Å². The molecule has 0 atom stereocenters. The lowest BCUT2D eigenvalue weighted by Gasteiger charge is -2.47. The van der Waals surface area contributed by atoms with E-state index in [1.54, 1.807) is 4.90 Å². The average molecular weight is 301 g/mol. The molecule has 1 spiro atoms. The van der Waals surface area contributed by atoms with E-state index in [-0.39, 0.29) is 18.1 Å². The maximum absolute atomic E-state index is 14.1. The minimum Gasteiger partial charge on any atom is -0.444 e. The van der Waals surface area contributed by atoms with Gasteiger partial charge in [0.25, 0.3) is 0 Å². The fourth-order valence-corrected chi connectivity index (χ4v) is 3.38. The molecule has 122 valence electrons. The maximum Gasteiger partial charge on any atom is 0.410 e. The van der Waals surface area contributed by atoms with Crippen LogP contribution in [0, 0.1) is 5.41 Å². The fraction of sp³-hybridized carbons (Fsp3) is 0.938. The number of nitrogens with zero attached hydrogens (tertiary/aromatic N) is 1. The van der Waals surface area contributed by atoms with Gasteiger partial charge in [-0.2, -0.15) is 0 Å². The van der Waals surface area contributed by atoms with Gasteiger partial charge in [0.15, 0.2) is 0 Å². The molecule has 1 aliphatic carbocycles. The van der Waals surface area contributed by atoms with E-state index in [1.165, 1.54) is 0 Å². The molecule has 0 aromatic rings. The molecule has 1 N–H and O–H groups in total. The Kier molecular flexibility index (Phi) is 4.52. The van der Waals surface area contributed by atoms with Crippen molar-refractivity contribution >= 4 is 6.09 Å². The summed E-state index contributed by atoms with van der Waals surface area (Å²) in [6, 6.07) is 0. The molecule has 2 aliphatic rings. The number of amides is 1. The number of aliphatic hydroxyl groups is 1. The number of aliphatic hydroxyl groups excluding tert-OH is 1. The minimum atomic E-state index is -1.38. The molecular weight excluding hydrogens is 273 g/mol. The first-order valence-electron chi connectivity index (χ1n) is 7.95. The van der Waals surface area contributed by atoms with Gasteiger partial charge in [-0.1, -0.05) is 0 Å². The van der Waals surface area contributed by atoms with Crippen LogP contribution in [-0.4, -0.2) is 47.1 Å². The highest BCUT2D eigenvalue weighted by Gasteiger charge is 2.44. The monoisotopic (exact) mass is 301 g/mol. The molecule has 0 radical (unpaired) electrons.